The summed E-state index contributed by atoms with van der Waals surface area (Å²) in [6.45, 7) is 4.13. The molecule has 1 aliphatic rings. The van der Waals surface area contributed by atoms with Gasteiger partial charge in [-0.05, 0) is 17.0 Å². The van der Waals surface area contributed by atoms with E-state index in [-0.39, 0.29) is 12.5 Å². The van der Waals surface area contributed by atoms with Gasteiger partial charge >= 0.3 is 12.1 Å². The number of nitrogens with zero attached hydrogens (tertiary/aromatic N) is 1. The third-order valence-corrected chi connectivity index (χ3v) is 4.22. The molecule has 136 valence electrons. The van der Waals surface area contributed by atoms with Gasteiger partial charge in [-0.15, -0.1) is 0 Å². The number of rotatable bonds is 4. The Morgan fingerprint density at radius 1 is 1.08 bits per heavy atom. The Balaban J connectivity index is 1.97. The van der Waals surface area contributed by atoms with Crippen LogP contribution in [0.1, 0.15) is 37.1 Å². The first-order chi connectivity index (χ1) is 12.6. The summed E-state index contributed by atoms with van der Waals surface area (Å²) in [6, 6.07) is 18.6. The molecule has 5 nitrogen and oxygen atoms in total. The van der Waals surface area contributed by atoms with E-state index in [2.05, 4.69) is 0 Å². The number of morpholine rings is 1. The summed E-state index contributed by atoms with van der Waals surface area (Å²) in [7, 11) is 0. The first kappa shape index (κ1) is 18.0. The summed E-state index contributed by atoms with van der Waals surface area (Å²) in [5.41, 5.74) is 1.74. The maximum Gasteiger partial charge on any atom is 0.410 e. The Morgan fingerprint density at radius 3 is 2.23 bits per heavy atom. The second kappa shape index (κ2) is 8.04. The molecular weight excluding hydrogens is 330 g/mol. The predicted molar refractivity (Wildman–Crippen MR) is 97.4 cm³/mol. The van der Waals surface area contributed by atoms with Crippen molar-refractivity contribution in [3.63, 3.8) is 0 Å². The van der Waals surface area contributed by atoms with E-state index in [4.69, 9.17) is 9.47 Å². The number of esters is 1. The molecule has 0 bridgehead atoms. The molecule has 1 fully saturated rings. The van der Waals surface area contributed by atoms with Crippen LogP contribution in [0.3, 0.4) is 0 Å². The van der Waals surface area contributed by atoms with Gasteiger partial charge in [0.2, 0.25) is 0 Å². The number of ether oxygens (including phenoxy) is 2. The van der Waals surface area contributed by atoms with Gasteiger partial charge in [0.1, 0.15) is 12.6 Å². The molecule has 0 N–H and O–H groups in total. The summed E-state index contributed by atoms with van der Waals surface area (Å²) in [5.74, 6) is -0.219. The molecule has 1 amide bonds. The van der Waals surface area contributed by atoms with Crippen molar-refractivity contribution >= 4 is 12.1 Å². The van der Waals surface area contributed by atoms with Crippen molar-refractivity contribution in [2.75, 3.05) is 13.2 Å². The van der Waals surface area contributed by atoms with Crippen LogP contribution in [0.25, 0.3) is 0 Å². The summed E-state index contributed by atoms with van der Waals surface area (Å²) < 4.78 is 11.1. The van der Waals surface area contributed by atoms with E-state index in [0.29, 0.717) is 6.61 Å². The van der Waals surface area contributed by atoms with E-state index in [1.54, 1.807) is 0 Å². The molecule has 1 heterocycles. The molecular formula is C21H23NO4. The smallest absolute Gasteiger partial charge is 0.410 e. The van der Waals surface area contributed by atoms with Crippen molar-refractivity contribution in [2.24, 2.45) is 5.92 Å². The molecule has 5 heteroatoms. The van der Waals surface area contributed by atoms with Gasteiger partial charge in [-0.1, -0.05) is 74.5 Å². The Bertz CT molecular complexity index is 745. The summed E-state index contributed by atoms with van der Waals surface area (Å²) in [5, 5.41) is 0. The van der Waals surface area contributed by atoms with Gasteiger partial charge in [0.05, 0.1) is 6.61 Å². The Morgan fingerprint density at radius 2 is 1.65 bits per heavy atom. The fourth-order valence-electron chi connectivity index (χ4n) is 3.04. The second-order valence-electron chi connectivity index (χ2n) is 6.78. The molecule has 0 aromatic heterocycles. The fourth-order valence-corrected chi connectivity index (χ4v) is 3.04. The molecule has 1 saturated heterocycles. The van der Waals surface area contributed by atoms with Crippen LogP contribution < -0.4 is 0 Å². The van der Waals surface area contributed by atoms with Crippen LogP contribution in [0.5, 0.6) is 0 Å². The van der Waals surface area contributed by atoms with Gasteiger partial charge in [-0.25, -0.2) is 4.79 Å². The lowest BCUT2D eigenvalue weighted by atomic mass is 9.93. The molecule has 2 atom stereocenters. The average molecular weight is 353 g/mol. The largest absolute Gasteiger partial charge is 0.454 e. The summed E-state index contributed by atoms with van der Waals surface area (Å²) >= 11 is 0. The van der Waals surface area contributed by atoms with E-state index in [9.17, 15) is 9.59 Å². The number of carbonyl (C=O) groups is 2. The third-order valence-electron chi connectivity index (χ3n) is 4.22. The Labute approximate surface area is 153 Å². The first-order valence-corrected chi connectivity index (χ1v) is 8.79. The normalized spacial score (nSPS) is 20.0. The van der Waals surface area contributed by atoms with Crippen molar-refractivity contribution in [2.45, 2.75) is 26.0 Å². The highest BCUT2D eigenvalue weighted by atomic mass is 16.6. The SMILES string of the molecule is CC(C)COC(=O)N1CC(=O)O[C@@H](c2ccccc2)[C@H]1c1ccccc1. The molecule has 26 heavy (non-hydrogen) atoms. The van der Waals surface area contributed by atoms with E-state index >= 15 is 0 Å². The lowest BCUT2D eigenvalue weighted by Crippen LogP contribution is -2.47. The summed E-state index contributed by atoms with van der Waals surface area (Å²) in [4.78, 5) is 26.4. The van der Waals surface area contributed by atoms with Gasteiger partial charge in [-0.2, -0.15) is 0 Å². The number of hydrogen-bond acceptors (Lipinski definition) is 4. The van der Waals surface area contributed by atoms with Gasteiger partial charge in [-0.3, -0.25) is 9.69 Å². The predicted octanol–water partition coefficient (Wildman–Crippen LogP) is 4.12. The van der Waals surface area contributed by atoms with Gasteiger partial charge in [0.15, 0.2) is 6.10 Å². The number of benzene rings is 2. The molecule has 2 aromatic carbocycles. The first-order valence-electron chi connectivity index (χ1n) is 8.79. The molecule has 1 aliphatic heterocycles. The highest BCUT2D eigenvalue weighted by Crippen LogP contribution is 2.40. The standard InChI is InChI=1S/C21H23NO4/c1-15(2)14-25-21(24)22-13-18(23)26-20(17-11-7-4-8-12-17)19(22)16-9-5-3-6-10-16/h3-12,15,19-20H,13-14H2,1-2H3/t19-,20+/m1/s1. The highest BCUT2D eigenvalue weighted by molar-refractivity contribution is 5.80. The molecule has 0 saturated carbocycles. The third kappa shape index (κ3) is 4.04. The quantitative estimate of drug-likeness (QED) is 0.776. The van der Waals surface area contributed by atoms with Gasteiger partial charge < -0.3 is 9.47 Å². The van der Waals surface area contributed by atoms with E-state index in [0.717, 1.165) is 11.1 Å². The van der Waals surface area contributed by atoms with E-state index in [1.807, 2.05) is 74.5 Å². The Kier molecular flexibility index (Phi) is 5.56. The van der Waals surface area contributed by atoms with Crippen molar-refractivity contribution < 1.29 is 19.1 Å². The Hall–Kier alpha value is -2.82. The molecule has 0 spiro atoms. The zero-order chi connectivity index (χ0) is 18.5. The number of hydrogen-bond donors (Lipinski definition) is 0. The zero-order valence-corrected chi connectivity index (χ0v) is 15.0. The summed E-state index contributed by atoms with van der Waals surface area (Å²) in [6.07, 6.45) is -1.07. The molecule has 2 aromatic rings. The van der Waals surface area contributed by atoms with Crippen LogP contribution >= 0.6 is 0 Å². The molecule has 0 radical (unpaired) electrons. The van der Waals surface area contributed by atoms with Crippen molar-refractivity contribution in [3.8, 4) is 0 Å². The minimum absolute atomic E-state index is 0.125. The van der Waals surface area contributed by atoms with Crippen molar-refractivity contribution in [1.82, 2.24) is 4.90 Å². The monoisotopic (exact) mass is 353 g/mol. The minimum Gasteiger partial charge on any atom is -0.454 e. The van der Waals surface area contributed by atoms with Crippen LogP contribution in [0.4, 0.5) is 4.79 Å². The molecule has 3 rings (SSSR count). The van der Waals surface area contributed by atoms with Crippen LogP contribution in [0.15, 0.2) is 60.7 Å². The maximum absolute atomic E-state index is 12.7. The topological polar surface area (TPSA) is 55.8 Å². The van der Waals surface area contributed by atoms with E-state index < -0.39 is 24.2 Å². The van der Waals surface area contributed by atoms with Crippen molar-refractivity contribution in [1.29, 1.82) is 0 Å². The molecule has 0 aliphatic carbocycles. The van der Waals surface area contributed by atoms with Crippen LogP contribution in [0, 0.1) is 5.92 Å². The van der Waals surface area contributed by atoms with Gasteiger partial charge in [0.25, 0.3) is 0 Å². The lowest BCUT2D eigenvalue weighted by Gasteiger charge is -2.40. The van der Waals surface area contributed by atoms with Crippen LogP contribution in [-0.2, 0) is 14.3 Å². The maximum atomic E-state index is 12.7. The lowest BCUT2D eigenvalue weighted by molar-refractivity contribution is -0.164. The highest BCUT2D eigenvalue weighted by Gasteiger charge is 2.42. The van der Waals surface area contributed by atoms with Crippen LogP contribution in [-0.4, -0.2) is 30.1 Å². The minimum atomic E-state index is -0.577. The van der Waals surface area contributed by atoms with Crippen LogP contribution in [0.2, 0.25) is 0 Å². The second-order valence-corrected chi connectivity index (χ2v) is 6.78. The van der Waals surface area contributed by atoms with Gasteiger partial charge in [0, 0.05) is 0 Å². The fraction of sp³-hybridized carbons (Fsp3) is 0.333. The zero-order valence-electron chi connectivity index (χ0n) is 15.0. The average Bonchev–Trinajstić information content (AvgIpc) is 2.66. The number of cyclic esters (lactones) is 1. The number of amides is 1. The molecule has 0 unspecified atom stereocenters. The number of carbonyl (C=O) groups excluding carboxylic acids is 2. The van der Waals surface area contributed by atoms with Crippen molar-refractivity contribution in [3.05, 3.63) is 71.8 Å². The van der Waals surface area contributed by atoms with E-state index in [1.165, 1.54) is 4.90 Å².